The first-order valence-corrected chi connectivity index (χ1v) is 7.93. The summed E-state index contributed by atoms with van der Waals surface area (Å²) in [6.45, 7) is 10.6. The molecule has 0 amide bonds. The molecular weight excluding hydrogens is 234 g/mol. The zero-order valence-corrected chi connectivity index (χ0v) is 12.6. The first kappa shape index (κ1) is 13.2. The zero-order chi connectivity index (χ0) is 13.4. The normalized spacial score (nSPS) is 28.0. The number of aromatic nitrogens is 2. The van der Waals surface area contributed by atoms with E-state index in [1.165, 1.54) is 56.8 Å². The molecule has 1 aromatic heterocycles. The number of imidazole rings is 1. The molecule has 3 nitrogen and oxygen atoms in total. The number of likely N-dealkylation sites (tertiary alicyclic amines) is 1. The second-order valence-corrected chi connectivity index (χ2v) is 6.77. The van der Waals surface area contributed by atoms with E-state index in [4.69, 9.17) is 4.98 Å². The minimum absolute atomic E-state index is 0.651. The maximum Gasteiger partial charge on any atom is 0.111 e. The van der Waals surface area contributed by atoms with Crippen molar-refractivity contribution in [2.45, 2.75) is 65.0 Å². The van der Waals surface area contributed by atoms with Gasteiger partial charge in [-0.1, -0.05) is 6.92 Å². The summed E-state index contributed by atoms with van der Waals surface area (Å²) in [6.07, 6.45) is 7.46. The molecule has 0 spiro atoms. The van der Waals surface area contributed by atoms with Gasteiger partial charge >= 0.3 is 0 Å². The van der Waals surface area contributed by atoms with Gasteiger partial charge in [-0.15, -0.1) is 0 Å². The Balaban J connectivity index is 1.65. The van der Waals surface area contributed by atoms with Gasteiger partial charge in [0.05, 0.1) is 5.69 Å². The van der Waals surface area contributed by atoms with Crippen molar-refractivity contribution in [3.63, 3.8) is 0 Å². The van der Waals surface area contributed by atoms with Crippen LogP contribution >= 0.6 is 0 Å². The third-order valence-corrected chi connectivity index (χ3v) is 4.88. The predicted molar refractivity (Wildman–Crippen MR) is 78.4 cm³/mol. The Labute approximate surface area is 117 Å². The van der Waals surface area contributed by atoms with E-state index in [1.54, 1.807) is 0 Å². The maximum absolute atomic E-state index is 4.91. The van der Waals surface area contributed by atoms with Crippen molar-refractivity contribution in [1.82, 2.24) is 14.5 Å². The minimum atomic E-state index is 0.651. The van der Waals surface area contributed by atoms with Gasteiger partial charge in [0.25, 0.3) is 0 Å². The highest BCUT2D eigenvalue weighted by Crippen LogP contribution is 2.28. The Morgan fingerprint density at radius 3 is 2.84 bits per heavy atom. The van der Waals surface area contributed by atoms with Crippen LogP contribution in [0.25, 0.3) is 0 Å². The Morgan fingerprint density at radius 1 is 1.32 bits per heavy atom. The van der Waals surface area contributed by atoms with Crippen LogP contribution < -0.4 is 0 Å². The van der Waals surface area contributed by atoms with Crippen molar-refractivity contribution in [2.75, 3.05) is 13.1 Å². The summed E-state index contributed by atoms with van der Waals surface area (Å²) in [5.74, 6) is 2.80. The molecule has 3 heteroatoms. The van der Waals surface area contributed by atoms with Crippen LogP contribution in [-0.4, -0.2) is 33.6 Å². The van der Waals surface area contributed by atoms with Gasteiger partial charge in [0, 0.05) is 31.2 Å². The molecule has 0 radical (unpaired) electrons. The molecular formula is C16H27N3. The summed E-state index contributed by atoms with van der Waals surface area (Å²) in [6, 6.07) is 0.695. The van der Waals surface area contributed by atoms with Gasteiger partial charge in [-0.2, -0.15) is 0 Å². The lowest BCUT2D eigenvalue weighted by atomic mass is 10.0. The summed E-state index contributed by atoms with van der Waals surface area (Å²) in [4.78, 5) is 7.51. The third kappa shape index (κ3) is 2.71. The van der Waals surface area contributed by atoms with E-state index in [0.717, 1.165) is 5.92 Å². The molecule has 2 aliphatic rings. The summed E-state index contributed by atoms with van der Waals surface area (Å²) < 4.78 is 2.40. The average molecular weight is 261 g/mol. The van der Waals surface area contributed by atoms with Gasteiger partial charge in [-0.05, 0) is 52.0 Å². The van der Waals surface area contributed by atoms with Gasteiger partial charge in [0.2, 0.25) is 0 Å². The molecule has 1 aromatic rings. The molecule has 2 aliphatic heterocycles. The van der Waals surface area contributed by atoms with Crippen molar-refractivity contribution < 1.29 is 0 Å². The number of hydrogen-bond acceptors (Lipinski definition) is 2. The molecule has 2 unspecified atom stereocenters. The van der Waals surface area contributed by atoms with E-state index < -0.39 is 0 Å². The van der Waals surface area contributed by atoms with E-state index >= 15 is 0 Å². The van der Waals surface area contributed by atoms with E-state index in [0.29, 0.717) is 12.0 Å². The Kier molecular flexibility index (Phi) is 3.66. The maximum atomic E-state index is 4.91. The van der Waals surface area contributed by atoms with Crippen molar-refractivity contribution in [3.05, 3.63) is 17.7 Å². The van der Waals surface area contributed by atoms with E-state index in [-0.39, 0.29) is 0 Å². The van der Waals surface area contributed by atoms with Crippen LogP contribution in [0.5, 0.6) is 0 Å². The van der Waals surface area contributed by atoms with Crippen LogP contribution in [0.15, 0.2) is 6.20 Å². The second kappa shape index (κ2) is 5.28. The number of nitrogens with zero attached hydrogens (tertiary/aromatic N) is 3. The molecule has 0 bridgehead atoms. The first-order valence-electron chi connectivity index (χ1n) is 7.93. The number of aryl methyl sites for hydroxylation is 1. The van der Waals surface area contributed by atoms with Gasteiger partial charge in [-0.25, -0.2) is 4.98 Å². The van der Waals surface area contributed by atoms with Crippen molar-refractivity contribution >= 4 is 0 Å². The smallest absolute Gasteiger partial charge is 0.111 e. The highest BCUT2D eigenvalue weighted by molar-refractivity contribution is 5.11. The van der Waals surface area contributed by atoms with Crippen molar-refractivity contribution in [1.29, 1.82) is 0 Å². The largest absolute Gasteiger partial charge is 0.334 e. The summed E-state index contributed by atoms with van der Waals surface area (Å²) in [5.41, 5.74) is 1.33. The standard InChI is InChI=1S/C16H27N3/c1-12(2)18-8-6-14(10-18)9-15-11-19-7-4-5-13(3)16(19)17-15/h11-14H,4-10H2,1-3H3. The molecule has 0 N–H and O–H groups in total. The van der Waals surface area contributed by atoms with Crippen LogP contribution in [0.4, 0.5) is 0 Å². The number of hydrogen-bond donors (Lipinski definition) is 0. The predicted octanol–water partition coefficient (Wildman–Crippen LogP) is 3.05. The fourth-order valence-electron chi connectivity index (χ4n) is 3.65. The van der Waals surface area contributed by atoms with Crippen LogP contribution in [0, 0.1) is 5.92 Å². The topological polar surface area (TPSA) is 21.1 Å². The number of rotatable bonds is 3. The second-order valence-electron chi connectivity index (χ2n) is 6.77. The zero-order valence-electron chi connectivity index (χ0n) is 12.6. The summed E-state index contributed by atoms with van der Waals surface area (Å²) >= 11 is 0. The Hall–Kier alpha value is -0.830. The third-order valence-electron chi connectivity index (χ3n) is 4.88. The molecule has 19 heavy (non-hydrogen) atoms. The Bertz CT molecular complexity index is 435. The molecule has 1 fully saturated rings. The molecule has 3 rings (SSSR count). The molecule has 2 atom stereocenters. The Morgan fingerprint density at radius 2 is 2.16 bits per heavy atom. The highest BCUT2D eigenvalue weighted by Gasteiger charge is 2.26. The highest BCUT2D eigenvalue weighted by atomic mass is 15.2. The van der Waals surface area contributed by atoms with Crippen molar-refractivity contribution in [3.8, 4) is 0 Å². The van der Waals surface area contributed by atoms with Crippen LogP contribution in [0.3, 0.4) is 0 Å². The lowest BCUT2D eigenvalue weighted by Gasteiger charge is -2.19. The fraction of sp³-hybridized carbons (Fsp3) is 0.812. The van der Waals surface area contributed by atoms with Crippen LogP contribution in [0.1, 0.15) is 57.5 Å². The molecule has 106 valence electrons. The summed E-state index contributed by atoms with van der Waals surface area (Å²) in [5, 5.41) is 0. The first-order chi connectivity index (χ1) is 9.13. The quantitative estimate of drug-likeness (QED) is 0.834. The van der Waals surface area contributed by atoms with Gasteiger partial charge < -0.3 is 9.47 Å². The minimum Gasteiger partial charge on any atom is -0.334 e. The van der Waals surface area contributed by atoms with Crippen LogP contribution in [-0.2, 0) is 13.0 Å². The lowest BCUT2D eigenvalue weighted by molar-refractivity contribution is 0.265. The molecule has 3 heterocycles. The summed E-state index contributed by atoms with van der Waals surface area (Å²) in [7, 11) is 0. The number of fused-ring (bicyclic) bond motifs is 1. The van der Waals surface area contributed by atoms with Gasteiger partial charge in [-0.3, -0.25) is 0 Å². The average Bonchev–Trinajstić information content (AvgIpc) is 2.96. The van der Waals surface area contributed by atoms with Crippen LogP contribution in [0.2, 0.25) is 0 Å². The molecule has 0 aliphatic carbocycles. The molecule has 1 saturated heterocycles. The monoisotopic (exact) mass is 261 g/mol. The van der Waals surface area contributed by atoms with Gasteiger partial charge in [0.15, 0.2) is 0 Å². The SMILES string of the molecule is CC1CCCn2cc(CC3CCN(C(C)C)C3)nc21. The lowest BCUT2D eigenvalue weighted by Crippen LogP contribution is -2.28. The fourth-order valence-corrected chi connectivity index (χ4v) is 3.65. The van der Waals surface area contributed by atoms with E-state index in [1.807, 2.05) is 0 Å². The van der Waals surface area contributed by atoms with Gasteiger partial charge in [0.1, 0.15) is 5.82 Å². The van der Waals surface area contributed by atoms with E-state index in [2.05, 4.69) is 36.4 Å². The molecule has 0 aromatic carbocycles. The molecule has 0 saturated carbocycles. The van der Waals surface area contributed by atoms with E-state index in [9.17, 15) is 0 Å². The van der Waals surface area contributed by atoms with Crippen molar-refractivity contribution in [2.24, 2.45) is 5.92 Å².